The lowest BCUT2D eigenvalue weighted by Crippen LogP contribution is -2.01. The molecule has 1 unspecified atom stereocenters. The van der Waals surface area contributed by atoms with Gasteiger partial charge in [-0.05, 0) is 22.4 Å². The average Bonchev–Trinajstić information content (AvgIpc) is 2.34. The smallest absolute Gasteiger partial charge is 0.191 e. The summed E-state index contributed by atoms with van der Waals surface area (Å²) in [6.45, 7) is 1.78. The van der Waals surface area contributed by atoms with E-state index >= 15 is 0 Å². The predicted molar refractivity (Wildman–Crippen MR) is 40.4 cm³/mol. The molecule has 0 saturated carbocycles. The van der Waals surface area contributed by atoms with Crippen molar-refractivity contribution in [1.82, 2.24) is 9.78 Å². The lowest BCUT2D eigenvalue weighted by Gasteiger charge is -2.02. The third-order valence-corrected chi connectivity index (χ3v) is 1.60. The van der Waals surface area contributed by atoms with Gasteiger partial charge in [-0.2, -0.15) is 5.10 Å². The molecule has 0 amide bonds. The van der Waals surface area contributed by atoms with Crippen LogP contribution in [0.3, 0.4) is 0 Å². The van der Waals surface area contributed by atoms with Gasteiger partial charge >= 0.3 is 0 Å². The highest BCUT2D eigenvalue weighted by Crippen LogP contribution is 2.14. The van der Waals surface area contributed by atoms with Gasteiger partial charge in [0.25, 0.3) is 0 Å². The first-order chi connectivity index (χ1) is 4.74. The Morgan fingerprint density at radius 3 is 3.00 bits per heavy atom. The zero-order valence-electron chi connectivity index (χ0n) is 5.59. The van der Waals surface area contributed by atoms with Crippen LogP contribution in [0.15, 0.2) is 16.9 Å². The van der Waals surface area contributed by atoms with E-state index in [0.717, 1.165) is 4.47 Å². The van der Waals surface area contributed by atoms with Gasteiger partial charge in [-0.1, -0.05) is 6.92 Å². The zero-order chi connectivity index (χ0) is 7.56. The van der Waals surface area contributed by atoms with Crippen molar-refractivity contribution in [2.45, 2.75) is 19.6 Å². The lowest BCUT2D eigenvalue weighted by atomic mass is 10.4. The zero-order valence-corrected chi connectivity index (χ0v) is 7.18. The maximum atomic E-state index is 12.8. The molecule has 2 nitrogen and oxygen atoms in total. The fourth-order valence-electron chi connectivity index (χ4n) is 0.655. The van der Waals surface area contributed by atoms with Crippen molar-refractivity contribution in [2.75, 3.05) is 0 Å². The van der Waals surface area contributed by atoms with E-state index in [0.29, 0.717) is 6.42 Å². The van der Waals surface area contributed by atoms with Crippen LogP contribution in [0, 0.1) is 0 Å². The molecule has 0 aliphatic heterocycles. The Hall–Kier alpha value is -0.380. The molecule has 1 rings (SSSR count). The molecule has 0 aliphatic carbocycles. The van der Waals surface area contributed by atoms with Crippen LogP contribution in [0.4, 0.5) is 4.39 Å². The van der Waals surface area contributed by atoms with E-state index < -0.39 is 6.30 Å². The monoisotopic (exact) mass is 206 g/mol. The summed E-state index contributed by atoms with van der Waals surface area (Å²) >= 11 is 3.18. The predicted octanol–water partition coefficient (Wildman–Crippen LogP) is 2.52. The van der Waals surface area contributed by atoms with Crippen LogP contribution in [-0.4, -0.2) is 9.78 Å². The number of nitrogens with zero attached hydrogens (tertiary/aromatic N) is 2. The second-order valence-corrected chi connectivity index (χ2v) is 2.90. The Kier molecular flexibility index (Phi) is 2.43. The minimum atomic E-state index is -0.994. The molecule has 0 aliphatic rings. The normalized spacial score (nSPS) is 13.5. The number of hydrogen-bond acceptors (Lipinski definition) is 1. The molecule has 0 saturated heterocycles. The first-order valence-corrected chi connectivity index (χ1v) is 3.87. The summed E-state index contributed by atoms with van der Waals surface area (Å²) in [7, 11) is 0. The molecule has 4 heteroatoms. The van der Waals surface area contributed by atoms with Crippen LogP contribution < -0.4 is 0 Å². The van der Waals surface area contributed by atoms with Gasteiger partial charge in [0, 0.05) is 6.20 Å². The molecule has 1 aromatic heterocycles. The molecule has 0 spiro atoms. The molecule has 0 aromatic carbocycles. The number of halogens is 2. The maximum absolute atomic E-state index is 12.8. The van der Waals surface area contributed by atoms with Crippen molar-refractivity contribution in [3.8, 4) is 0 Å². The Morgan fingerprint density at radius 1 is 1.90 bits per heavy atom. The molecule has 56 valence electrons. The fraction of sp³-hybridized carbons (Fsp3) is 0.500. The van der Waals surface area contributed by atoms with Gasteiger partial charge in [-0.15, -0.1) is 0 Å². The number of aromatic nitrogens is 2. The van der Waals surface area contributed by atoms with E-state index in [-0.39, 0.29) is 0 Å². The summed E-state index contributed by atoms with van der Waals surface area (Å²) in [5.74, 6) is 0. The number of rotatable bonds is 2. The van der Waals surface area contributed by atoms with Crippen molar-refractivity contribution in [1.29, 1.82) is 0 Å². The van der Waals surface area contributed by atoms with Gasteiger partial charge in [0.2, 0.25) is 0 Å². The summed E-state index contributed by atoms with van der Waals surface area (Å²) in [6.07, 6.45) is 2.65. The lowest BCUT2D eigenvalue weighted by molar-refractivity contribution is 0.213. The number of hydrogen-bond donors (Lipinski definition) is 0. The largest absolute Gasteiger partial charge is 0.238 e. The first-order valence-electron chi connectivity index (χ1n) is 3.07. The minimum absolute atomic E-state index is 0.452. The van der Waals surface area contributed by atoms with E-state index in [9.17, 15) is 4.39 Å². The SMILES string of the molecule is CCC(F)n1cc(Br)cn1. The maximum Gasteiger partial charge on any atom is 0.191 e. The molecular formula is C6H8BrFN2. The van der Waals surface area contributed by atoms with Crippen molar-refractivity contribution >= 4 is 15.9 Å². The van der Waals surface area contributed by atoms with Gasteiger partial charge in [-0.25, -0.2) is 9.07 Å². The second kappa shape index (κ2) is 3.14. The fourth-order valence-corrected chi connectivity index (χ4v) is 0.956. The molecule has 1 aromatic rings. The standard InChI is InChI=1S/C6H8BrFN2/c1-2-6(8)10-4-5(7)3-9-10/h3-4,6H,2H2,1H3. The molecule has 10 heavy (non-hydrogen) atoms. The van der Waals surface area contributed by atoms with Crippen molar-refractivity contribution in [2.24, 2.45) is 0 Å². The molecule has 0 fully saturated rings. The number of alkyl halides is 1. The highest BCUT2D eigenvalue weighted by Gasteiger charge is 2.05. The average molecular weight is 207 g/mol. The van der Waals surface area contributed by atoms with Crippen molar-refractivity contribution in [3.05, 3.63) is 16.9 Å². The quantitative estimate of drug-likeness (QED) is 0.728. The summed E-state index contributed by atoms with van der Waals surface area (Å²) in [6, 6.07) is 0. The van der Waals surface area contributed by atoms with Crippen LogP contribution in [0.1, 0.15) is 19.6 Å². The minimum Gasteiger partial charge on any atom is -0.238 e. The van der Waals surface area contributed by atoms with Crippen LogP contribution in [0.25, 0.3) is 0 Å². The topological polar surface area (TPSA) is 17.8 Å². The van der Waals surface area contributed by atoms with Crippen LogP contribution >= 0.6 is 15.9 Å². The van der Waals surface area contributed by atoms with Crippen LogP contribution in [-0.2, 0) is 0 Å². The van der Waals surface area contributed by atoms with Gasteiger partial charge in [-0.3, -0.25) is 0 Å². The van der Waals surface area contributed by atoms with Gasteiger partial charge in [0.05, 0.1) is 10.7 Å². The molecule has 0 N–H and O–H groups in total. The summed E-state index contributed by atoms with van der Waals surface area (Å²) < 4.78 is 14.9. The van der Waals surface area contributed by atoms with Gasteiger partial charge in [0.15, 0.2) is 6.30 Å². The summed E-state index contributed by atoms with van der Waals surface area (Å²) in [4.78, 5) is 0. The second-order valence-electron chi connectivity index (χ2n) is 1.98. The van der Waals surface area contributed by atoms with Crippen molar-refractivity contribution in [3.63, 3.8) is 0 Å². The van der Waals surface area contributed by atoms with E-state index in [2.05, 4.69) is 21.0 Å². The van der Waals surface area contributed by atoms with Crippen LogP contribution in [0.2, 0.25) is 0 Å². The molecular weight excluding hydrogens is 199 g/mol. The highest BCUT2D eigenvalue weighted by atomic mass is 79.9. The van der Waals surface area contributed by atoms with E-state index in [1.54, 1.807) is 19.3 Å². The Morgan fingerprint density at radius 2 is 2.60 bits per heavy atom. The summed E-state index contributed by atoms with van der Waals surface area (Å²) in [5, 5.41) is 3.78. The molecule has 0 bridgehead atoms. The van der Waals surface area contributed by atoms with Crippen LogP contribution in [0.5, 0.6) is 0 Å². The Bertz CT molecular complexity index is 211. The van der Waals surface area contributed by atoms with E-state index in [4.69, 9.17) is 0 Å². The van der Waals surface area contributed by atoms with Crippen molar-refractivity contribution < 1.29 is 4.39 Å². The molecule has 1 heterocycles. The third kappa shape index (κ3) is 1.56. The Balaban J connectivity index is 2.74. The van der Waals surface area contributed by atoms with Gasteiger partial charge in [0.1, 0.15) is 0 Å². The van der Waals surface area contributed by atoms with Gasteiger partial charge < -0.3 is 0 Å². The first kappa shape index (κ1) is 7.72. The highest BCUT2D eigenvalue weighted by molar-refractivity contribution is 9.10. The molecule has 0 radical (unpaired) electrons. The van der Waals surface area contributed by atoms with E-state index in [1.807, 2.05) is 0 Å². The Labute approximate surface area is 67.2 Å². The van der Waals surface area contributed by atoms with E-state index in [1.165, 1.54) is 4.68 Å². The molecule has 1 atom stereocenters. The third-order valence-electron chi connectivity index (χ3n) is 1.19. The summed E-state index contributed by atoms with van der Waals surface area (Å²) in [5.41, 5.74) is 0.